The van der Waals surface area contributed by atoms with Crippen molar-refractivity contribution in [2.75, 3.05) is 19.8 Å². The monoisotopic (exact) mass is 160 g/mol. The van der Waals surface area contributed by atoms with Gasteiger partial charge in [0.15, 0.2) is 0 Å². The van der Waals surface area contributed by atoms with Gasteiger partial charge in [0.1, 0.15) is 0 Å². The van der Waals surface area contributed by atoms with Crippen LogP contribution >= 0.6 is 0 Å². The van der Waals surface area contributed by atoms with Crippen LogP contribution in [0.2, 0.25) is 0 Å². The fraction of sp³-hybridized carbons (Fsp3) is 1.00. The highest BCUT2D eigenvalue weighted by Crippen LogP contribution is 2.13. The van der Waals surface area contributed by atoms with Crippen molar-refractivity contribution in [3.63, 3.8) is 0 Å². The van der Waals surface area contributed by atoms with Crippen molar-refractivity contribution in [3.8, 4) is 0 Å². The maximum absolute atomic E-state index is 9.24. The predicted octanol–water partition coefficient (Wildman–Crippen LogP) is 0.563. The van der Waals surface area contributed by atoms with E-state index in [-0.39, 0.29) is 12.2 Å². The zero-order valence-corrected chi connectivity index (χ0v) is 6.95. The van der Waals surface area contributed by atoms with Crippen LogP contribution in [0, 0.1) is 0 Å². The molecule has 0 saturated carbocycles. The molecule has 3 nitrogen and oxygen atoms in total. The van der Waals surface area contributed by atoms with Crippen LogP contribution in [0.25, 0.3) is 0 Å². The van der Waals surface area contributed by atoms with Gasteiger partial charge in [0.2, 0.25) is 0 Å². The minimum Gasteiger partial charge on any atom is -0.393 e. The molecular formula is C8H16O3. The lowest BCUT2D eigenvalue weighted by molar-refractivity contribution is -0.0770. The number of hydrogen-bond donors (Lipinski definition) is 1. The number of ether oxygens (including phenoxy) is 2. The van der Waals surface area contributed by atoms with Crippen LogP contribution in [-0.2, 0) is 9.47 Å². The van der Waals surface area contributed by atoms with Gasteiger partial charge < -0.3 is 14.6 Å². The Morgan fingerprint density at radius 3 is 3.09 bits per heavy atom. The van der Waals surface area contributed by atoms with Crippen molar-refractivity contribution in [2.45, 2.75) is 32.0 Å². The molecule has 1 saturated heterocycles. The number of hydrogen-bond acceptors (Lipinski definition) is 3. The van der Waals surface area contributed by atoms with Gasteiger partial charge in [-0.1, -0.05) is 0 Å². The summed E-state index contributed by atoms with van der Waals surface area (Å²) in [7, 11) is 0. The first kappa shape index (κ1) is 8.97. The summed E-state index contributed by atoms with van der Waals surface area (Å²) in [5.41, 5.74) is 0. The van der Waals surface area contributed by atoms with E-state index in [4.69, 9.17) is 9.47 Å². The lowest BCUT2D eigenvalue weighted by Crippen LogP contribution is -2.32. The third-order valence-corrected chi connectivity index (χ3v) is 1.85. The Bertz CT molecular complexity index is 106. The standard InChI is InChI=1S/C8H16O3/c1-2-10-6-8-5-7(9)3-4-11-8/h7-9H,2-6H2,1H3/t7-,8+/m1/s1. The second-order valence-electron chi connectivity index (χ2n) is 2.83. The highest BCUT2D eigenvalue weighted by molar-refractivity contribution is 4.69. The zero-order valence-electron chi connectivity index (χ0n) is 6.95. The lowest BCUT2D eigenvalue weighted by Gasteiger charge is -2.25. The Morgan fingerprint density at radius 1 is 1.64 bits per heavy atom. The Morgan fingerprint density at radius 2 is 2.45 bits per heavy atom. The van der Waals surface area contributed by atoms with Gasteiger partial charge in [-0.3, -0.25) is 0 Å². The fourth-order valence-corrected chi connectivity index (χ4v) is 1.23. The summed E-state index contributed by atoms with van der Waals surface area (Å²) in [6, 6.07) is 0. The van der Waals surface area contributed by atoms with E-state index < -0.39 is 0 Å². The van der Waals surface area contributed by atoms with Crippen LogP contribution in [-0.4, -0.2) is 37.1 Å². The summed E-state index contributed by atoms with van der Waals surface area (Å²) in [5, 5.41) is 9.24. The molecule has 1 aliphatic heterocycles. The molecule has 0 bridgehead atoms. The second-order valence-corrected chi connectivity index (χ2v) is 2.83. The van der Waals surface area contributed by atoms with Gasteiger partial charge in [0.05, 0.1) is 18.8 Å². The van der Waals surface area contributed by atoms with E-state index in [1.54, 1.807) is 0 Å². The molecule has 0 aliphatic carbocycles. The Hall–Kier alpha value is -0.120. The van der Waals surface area contributed by atoms with Crippen LogP contribution in [0.4, 0.5) is 0 Å². The summed E-state index contributed by atoms with van der Waals surface area (Å²) in [6.45, 7) is 3.96. The van der Waals surface area contributed by atoms with Crippen molar-refractivity contribution in [1.82, 2.24) is 0 Å². The van der Waals surface area contributed by atoms with Crippen molar-refractivity contribution in [1.29, 1.82) is 0 Å². The van der Waals surface area contributed by atoms with Gasteiger partial charge in [0.25, 0.3) is 0 Å². The van der Waals surface area contributed by atoms with Crippen LogP contribution in [0.15, 0.2) is 0 Å². The highest BCUT2D eigenvalue weighted by Gasteiger charge is 2.20. The maximum atomic E-state index is 9.24. The van der Waals surface area contributed by atoms with Crippen molar-refractivity contribution >= 4 is 0 Å². The lowest BCUT2D eigenvalue weighted by atomic mass is 10.1. The molecule has 1 rings (SSSR count). The minimum atomic E-state index is -0.186. The number of rotatable bonds is 3. The Kier molecular flexibility index (Phi) is 3.83. The quantitative estimate of drug-likeness (QED) is 0.655. The van der Waals surface area contributed by atoms with Gasteiger partial charge in [-0.05, 0) is 13.3 Å². The minimum absolute atomic E-state index is 0.110. The molecule has 0 aromatic carbocycles. The van der Waals surface area contributed by atoms with E-state index in [0.717, 1.165) is 19.4 Å². The van der Waals surface area contributed by atoms with E-state index in [0.29, 0.717) is 13.2 Å². The highest BCUT2D eigenvalue weighted by atomic mass is 16.5. The van der Waals surface area contributed by atoms with Crippen LogP contribution in [0.3, 0.4) is 0 Å². The smallest absolute Gasteiger partial charge is 0.0833 e. The van der Waals surface area contributed by atoms with Crippen molar-refractivity contribution in [2.24, 2.45) is 0 Å². The molecule has 1 fully saturated rings. The second kappa shape index (κ2) is 4.70. The van der Waals surface area contributed by atoms with Gasteiger partial charge >= 0.3 is 0 Å². The summed E-state index contributed by atoms with van der Waals surface area (Å²) in [6.07, 6.45) is 1.41. The van der Waals surface area contributed by atoms with Crippen LogP contribution < -0.4 is 0 Å². The average Bonchev–Trinajstić information content (AvgIpc) is 2.01. The molecular weight excluding hydrogens is 144 g/mol. The first-order valence-corrected chi connectivity index (χ1v) is 4.20. The van der Waals surface area contributed by atoms with E-state index in [1.165, 1.54) is 0 Å². The molecule has 0 aromatic heterocycles. The Balaban J connectivity index is 2.12. The molecule has 1 N–H and O–H groups in total. The van der Waals surface area contributed by atoms with Crippen LogP contribution in [0.1, 0.15) is 19.8 Å². The van der Waals surface area contributed by atoms with Gasteiger partial charge in [0, 0.05) is 19.6 Å². The SMILES string of the molecule is CCOC[C@@H]1C[C@H](O)CCO1. The topological polar surface area (TPSA) is 38.7 Å². The van der Waals surface area contributed by atoms with E-state index in [2.05, 4.69) is 0 Å². The first-order valence-electron chi connectivity index (χ1n) is 4.20. The maximum Gasteiger partial charge on any atom is 0.0833 e. The number of aliphatic hydroxyl groups excluding tert-OH is 1. The normalized spacial score (nSPS) is 32.2. The fourth-order valence-electron chi connectivity index (χ4n) is 1.23. The molecule has 0 aromatic rings. The van der Waals surface area contributed by atoms with E-state index >= 15 is 0 Å². The zero-order chi connectivity index (χ0) is 8.10. The summed E-state index contributed by atoms with van der Waals surface area (Å²) < 4.78 is 10.6. The molecule has 1 heterocycles. The third kappa shape index (κ3) is 3.18. The van der Waals surface area contributed by atoms with Crippen LogP contribution in [0.5, 0.6) is 0 Å². The first-order chi connectivity index (χ1) is 5.33. The molecule has 2 atom stereocenters. The molecule has 66 valence electrons. The molecule has 11 heavy (non-hydrogen) atoms. The number of aliphatic hydroxyl groups is 1. The van der Waals surface area contributed by atoms with Crippen molar-refractivity contribution in [3.05, 3.63) is 0 Å². The summed E-state index contributed by atoms with van der Waals surface area (Å²) >= 11 is 0. The summed E-state index contributed by atoms with van der Waals surface area (Å²) in [5.74, 6) is 0. The Labute approximate surface area is 67.3 Å². The predicted molar refractivity (Wildman–Crippen MR) is 41.5 cm³/mol. The van der Waals surface area contributed by atoms with E-state index in [9.17, 15) is 5.11 Å². The molecule has 0 spiro atoms. The van der Waals surface area contributed by atoms with Gasteiger partial charge in [-0.25, -0.2) is 0 Å². The third-order valence-electron chi connectivity index (χ3n) is 1.85. The largest absolute Gasteiger partial charge is 0.393 e. The molecule has 0 unspecified atom stereocenters. The van der Waals surface area contributed by atoms with E-state index in [1.807, 2.05) is 6.92 Å². The molecule has 0 amide bonds. The molecule has 1 aliphatic rings. The summed E-state index contributed by atoms with van der Waals surface area (Å²) in [4.78, 5) is 0. The van der Waals surface area contributed by atoms with Gasteiger partial charge in [-0.15, -0.1) is 0 Å². The molecule has 3 heteroatoms. The molecule has 0 radical (unpaired) electrons. The van der Waals surface area contributed by atoms with Crippen molar-refractivity contribution < 1.29 is 14.6 Å². The average molecular weight is 160 g/mol. The van der Waals surface area contributed by atoms with Gasteiger partial charge in [-0.2, -0.15) is 0 Å².